The van der Waals surface area contributed by atoms with Crippen molar-refractivity contribution in [3.05, 3.63) is 118 Å². The average molecular weight is 513 g/mol. The van der Waals surface area contributed by atoms with Gasteiger partial charge in [-0.25, -0.2) is 9.07 Å². The number of hydrogen-bond donors (Lipinski definition) is 1. The number of fused-ring (bicyclic) bond motifs is 1. The van der Waals surface area contributed by atoms with Crippen LogP contribution in [-0.4, -0.2) is 36.7 Å². The van der Waals surface area contributed by atoms with Gasteiger partial charge in [-0.05, 0) is 71.3 Å². The predicted octanol–water partition coefficient (Wildman–Crippen LogP) is 4.50. The molecule has 194 valence electrons. The first kappa shape index (κ1) is 25.3. The van der Waals surface area contributed by atoms with Crippen LogP contribution in [0.1, 0.15) is 29.4 Å². The summed E-state index contributed by atoms with van der Waals surface area (Å²) in [5.41, 5.74) is 3.32. The quantitative estimate of drug-likeness (QED) is 0.280. The molecule has 0 saturated carbocycles. The van der Waals surface area contributed by atoms with Crippen molar-refractivity contribution in [2.75, 3.05) is 6.61 Å². The van der Waals surface area contributed by atoms with Crippen molar-refractivity contribution in [3.63, 3.8) is 0 Å². The molecule has 0 aliphatic carbocycles. The summed E-state index contributed by atoms with van der Waals surface area (Å²) in [6.07, 6.45) is 0.795. The van der Waals surface area contributed by atoms with Crippen LogP contribution < -0.4 is 10.3 Å². The van der Waals surface area contributed by atoms with Gasteiger partial charge < -0.3 is 9.72 Å². The number of pyridine rings is 1. The molecule has 2 heterocycles. The maximum Gasteiger partial charge on any atom is 0.252 e. The van der Waals surface area contributed by atoms with E-state index in [0.717, 1.165) is 28.6 Å². The molecule has 0 radical (unpaired) electrons. The molecule has 1 N–H and O–H groups in total. The monoisotopic (exact) mass is 512 g/mol. The van der Waals surface area contributed by atoms with Gasteiger partial charge in [0.1, 0.15) is 11.6 Å². The molecule has 8 nitrogen and oxygen atoms in total. The van der Waals surface area contributed by atoms with Crippen LogP contribution in [0.4, 0.5) is 4.39 Å². The van der Waals surface area contributed by atoms with E-state index in [1.807, 2.05) is 49.4 Å². The van der Waals surface area contributed by atoms with Crippen LogP contribution in [0.5, 0.6) is 5.75 Å². The van der Waals surface area contributed by atoms with E-state index in [-0.39, 0.29) is 11.4 Å². The molecule has 0 fully saturated rings. The minimum atomic E-state index is -0.291. The van der Waals surface area contributed by atoms with E-state index in [1.54, 1.807) is 16.8 Å². The zero-order valence-corrected chi connectivity index (χ0v) is 21.2. The minimum absolute atomic E-state index is 0.158. The van der Waals surface area contributed by atoms with Crippen molar-refractivity contribution in [2.45, 2.75) is 39.5 Å². The highest BCUT2D eigenvalue weighted by atomic mass is 19.1. The number of benzene rings is 3. The Morgan fingerprint density at radius 1 is 0.947 bits per heavy atom. The Balaban J connectivity index is 1.40. The van der Waals surface area contributed by atoms with Gasteiger partial charge in [-0.3, -0.25) is 9.69 Å². The molecule has 0 atom stereocenters. The first-order valence-electron chi connectivity index (χ1n) is 12.6. The van der Waals surface area contributed by atoms with Gasteiger partial charge in [-0.2, -0.15) is 0 Å². The summed E-state index contributed by atoms with van der Waals surface area (Å²) in [5, 5.41) is 13.3. The van der Waals surface area contributed by atoms with Crippen LogP contribution in [0.2, 0.25) is 0 Å². The third-order valence-electron chi connectivity index (χ3n) is 6.34. The molecule has 5 aromatic rings. The molecule has 0 aliphatic heterocycles. The number of ether oxygens (including phenoxy) is 1. The maximum atomic E-state index is 13.5. The molecule has 0 saturated heterocycles. The average Bonchev–Trinajstić information content (AvgIpc) is 3.37. The van der Waals surface area contributed by atoms with Crippen molar-refractivity contribution >= 4 is 10.9 Å². The summed E-state index contributed by atoms with van der Waals surface area (Å²) >= 11 is 0. The lowest BCUT2D eigenvalue weighted by Gasteiger charge is -2.22. The highest BCUT2D eigenvalue weighted by molar-refractivity contribution is 5.80. The van der Waals surface area contributed by atoms with Crippen molar-refractivity contribution in [2.24, 2.45) is 0 Å². The number of tetrazole rings is 1. The van der Waals surface area contributed by atoms with Gasteiger partial charge in [0.25, 0.3) is 5.56 Å². The van der Waals surface area contributed by atoms with Crippen molar-refractivity contribution in [1.29, 1.82) is 0 Å². The second-order valence-corrected chi connectivity index (χ2v) is 9.13. The SMILES string of the molecule is CCOc1ccc2[nH]c(=O)c(CN(Cc3ccc(F)cc3)Cc3nnnn3CCc3ccccc3)cc2c1. The van der Waals surface area contributed by atoms with Gasteiger partial charge in [0, 0.05) is 36.1 Å². The van der Waals surface area contributed by atoms with Crippen molar-refractivity contribution < 1.29 is 9.13 Å². The van der Waals surface area contributed by atoms with Gasteiger partial charge in [0.2, 0.25) is 0 Å². The summed E-state index contributed by atoms with van der Waals surface area (Å²) in [4.78, 5) is 18.1. The number of rotatable bonds is 11. The largest absolute Gasteiger partial charge is 0.494 e. The Hall–Kier alpha value is -4.37. The Morgan fingerprint density at radius 3 is 2.55 bits per heavy atom. The third kappa shape index (κ3) is 6.30. The zero-order chi connectivity index (χ0) is 26.3. The number of H-pyrrole nitrogens is 1. The van der Waals surface area contributed by atoms with E-state index in [2.05, 4.69) is 37.5 Å². The van der Waals surface area contributed by atoms with Gasteiger partial charge in [-0.1, -0.05) is 42.5 Å². The predicted molar refractivity (Wildman–Crippen MR) is 143 cm³/mol. The normalized spacial score (nSPS) is 11.3. The van der Waals surface area contributed by atoms with Crippen molar-refractivity contribution in [3.8, 4) is 5.75 Å². The van der Waals surface area contributed by atoms with Crippen molar-refractivity contribution in [1.82, 2.24) is 30.1 Å². The van der Waals surface area contributed by atoms with Crippen LogP contribution in [0, 0.1) is 5.82 Å². The molecule has 3 aromatic carbocycles. The number of aromatic amines is 1. The molecule has 0 spiro atoms. The number of nitrogens with zero attached hydrogens (tertiary/aromatic N) is 5. The lowest BCUT2D eigenvalue weighted by molar-refractivity contribution is 0.235. The molecular formula is C29H29FN6O2. The molecule has 0 unspecified atom stereocenters. The highest BCUT2D eigenvalue weighted by Gasteiger charge is 2.16. The van der Waals surface area contributed by atoms with E-state index in [0.29, 0.717) is 44.2 Å². The zero-order valence-electron chi connectivity index (χ0n) is 21.2. The smallest absolute Gasteiger partial charge is 0.252 e. The number of nitrogens with one attached hydrogen (secondary N) is 1. The van der Waals surface area contributed by atoms with Gasteiger partial charge in [0.15, 0.2) is 5.82 Å². The summed E-state index contributed by atoms with van der Waals surface area (Å²) in [5.74, 6) is 1.15. The summed E-state index contributed by atoms with van der Waals surface area (Å²) in [6, 6.07) is 24.1. The summed E-state index contributed by atoms with van der Waals surface area (Å²) in [7, 11) is 0. The lowest BCUT2D eigenvalue weighted by Crippen LogP contribution is -2.28. The van der Waals surface area contributed by atoms with Crippen LogP contribution in [0.15, 0.2) is 83.7 Å². The minimum Gasteiger partial charge on any atom is -0.494 e. The van der Waals surface area contributed by atoms with Gasteiger partial charge >= 0.3 is 0 Å². The molecule has 9 heteroatoms. The topological polar surface area (TPSA) is 88.9 Å². The molecule has 0 amide bonds. The third-order valence-corrected chi connectivity index (χ3v) is 6.34. The van der Waals surface area contributed by atoms with Gasteiger partial charge in [0.05, 0.1) is 13.2 Å². The maximum absolute atomic E-state index is 13.5. The fourth-order valence-corrected chi connectivity index (χ4v) is 4.45. The Bertz CT molecular complexity index is 1550. The fourth-order valence-electron chi connectivity index (χ4n) is 4.45. The first-order valence-corrected chi connectivity index (χ1v) is 12.6. The Morgan fingerprint density at radius 2 is 1.76 bits per heavy atom. The molecular weight excluding hydrogens is 483 g/mol. The Kier molecular flexibility index (Phi) is 7.84. The van der Waals surface area contributed by atoms with Gasteiger partial charge in [-0.15, -0.1) is 5.10 Å². The van der Waals surface area contributed by atoms with Crippen LogP contribution in [0.3, 0.4) is 0 Å². The fraction of sp³-hybridized carbons (Fsp3) is 0.241. The number of aromatic nitrogens is 5. The van der Waals surface area contributed by atoms with E-state index >= 15 is 0 Å². The lowest BCUT2D eigenvalue weighted by atomic mass is 10.1. The summed E-state index contributed by atoms with van der Waals surface area (Å²) in [6.45, 7) is 4.38. The molecule has 2 aromatic heterocycles. The highest BCUT2D eigenvalue weighted by Crippen LogP contribution is 2.20. The first-order chi connectivity index (χ1) is 18.6. The Labute approximate surface area is 219 Å². The molecule has 5 rings (SSSR count). The van der Waals surface area contributed by atoms with Crippen LogP contribution in [-0.2, 0) is 32.6 Å². The second kappa shape index (κ2) is 11.8. The van der Waals surface area contributed by atoms with E-state index in [1.165, 1.54) is 17.7 Å². The standard InChI is InChI=1S/C29H29FN6O2/c1-2-38-26-12-13-27-23(17-26)16-24(29(37)31-27)19-35(18-22-8-10-25(30)11-9-22)20-28-32-33-34-36(28)15-14-21-6-4-3-5-7-21/h3-13,16-17H,2,14-15,18-20H2,1H3,(H,31,37). The van der Waals surface area contributed by atoms with E-state index in [9.17, 15) is 9.18 Å². The molecule has 0 bridgehead atoms. The summed E-state index contributed by atoms with van der Waals surface area (Å²) < 4.78 is 21.0. The van der Waals surface area contributed by atoms with E-state index < -0.39 is 0 Å². The molecule has 38 heavy (non-hydrogen) atoms. The number of hydrogen-bond acceptors (Lipinski definition) is 6. The van der Waals surface area contributed by atoms with E-state index in [4.69, 9.17) is 4.74 Å². The van der Waals surface area contributed by atoms with Crippen LogP contribution in [0.25, 0.3) is 10.9 Å². The number of halogens is 1. The molecule has 0 aliphatic rings. The van der Waals surface area contributed by atoms with Crippen LogP contribution >= 0.6 is 0 Å². The second-order valence-electron chi connectivity index (χ2n) is 9.13. The number of aryl methyl sites for hydroxylation is 2.